The smallest absolute Gasteiger partial charge is 0.308 e. The molecule has 3 rings (SSSR count). The lowest BCUT2D eigenvalue weighted by Crippen LogP contribution is -2.13. The van der Waals surface area contributed by atoms with Gasteiger partial charge in [-0.1, -0.05) is 35.0 Å². The Morgan fingerprint density at radius 1 is 1.13 bits per heavy atom. The highest BCUT2D eigenvalue weighted by atomic mass is 35.5. The SMILES string of the molecule is O=C(O)CCCC(=O)OCOc1nc(SCc2c(Cl)cncc2Cl)nc2c1CCC2. The summed E-state index contributed by atoms with van der Waals surface area (Å²) in [7, 11) is 0. The van der Waals surface area contributed by atoms with Gasteiger partial charge in [0.25, 0.3) is 0 Å². The maximum absolute atomic E-state index is 11.7. The minimum absolute atomic E-state index is 0.0199. The molecule has 0 radical (unpaired) electrons. The van der Waals surface area contributed by atoms with Crippen LogP contribution >= 0.6 is 35.0 Å². The Bertz CT molecular complexity index is 924. The number of hydrogen-bond donors (Lipinski definition) is 1. The van der Waals surface area contributed by atoms with Crippen LogP contribution < -0.4 is 4.74 Å². The fourth-order valence-electron chi connectivity index (χ4n) is 2.88. The second-order valence-electron chi connectivity index (χ2n) is 6.49. The standard InChI is InChI=1S/C19H19Cl2N3O5S/c20-13-7-22-8-14(21)12(13)9-30-19-23-15-4-1-3-11(15)18(24-19)29-10-28-17(27)6-2-5-16(25)26/h7-8H,1-6,9-10H2,(H,25,26). The third-order valence-electron chi connectivity index (χ3n) is 4.36. The quantitative estimate of drug-likeness (QED) is 0.236. The molecule has 30 heavy (non-hydrogen) atoms. The molecule has 0 unspecified atom stereocenters. The van der Waals surface area contributed by atoms with E-state index >= 15 is 0 Å². The van der Waals surface area contributed by atoms with E-state index in [0.717, 1.165) is 36.1 Å². The molecular weight excluding hydrogens is 453 g/mol. The second-order valence-corrected chi connectivity index (χ2v) is 8.24. The number of nitrogens with zero attached hydrogens (tertiary/aromatic N) is 3. The number of rotatable bonds is 10. The number of carboxylic acid groups (broad SMARTS) is 1. The van der Waals surface area contributed by atoms with Gasteiger partial charge in [0, 0.05) is 42.1 Å². The summed E-state index contributed by atoms with van der Waals surface area (Å²) < 4.78 is 10.6. The Hall–Kier alpha value is -2.10. The summed E-state index contributed by atoms with van der Waals surface area (Å²) in [6, 6.07) is 0. The Labute approximate surface area is 187 Å². The molecule has 0 saturated carbocycles. The summed E-state index contributed by atoms with van der Waals surface area (Å²) in [5.41, 5.74) is 2.59. The molecule has 0 aliphatic heterocycles. The van der Waals surface area contributed by atoms with Gasteiger partial charge in [0.1, 0.15) is 0 Å². The maximum atomic E-state index is 11.7. The van der Waals surface area contributed by atoms with E-state index in [1.807, 2.05) is 0 Å². The van der Waals surface area contributed by atoms with Crippen molar-refractivity contribution in [3.8, 4) is 5.88 Å². The number of aryl methyl sites for hydroxylation is 1. The highest BCUT2D eigenvalue weighted by Crippen LogP contribution is 2.33. The predicted octanol–water partition coefficient (Wildman–Crippen LogP) is 4.09. The van der Waals surface area contributed by atoms with E-state index in [1.54, 1.807) is 0 Å². The lowest BCUT2D eigenvalue weighted by molar-refractivity contribution is -0.150. The summed E-state index contributed by atoms with van der Waals surface area (Å²) in [5, 5.41) is 10.1. The van der Waals surface area contributed by atoms with Crippen LogP contribution in [-0.2, 0) is 32.9 Å². The molecule has 0 atom stereocenters. The van der Waals surface area contributed by atoms with E-state index < -0.39 is 11.9 Å². The molecule has 0 saturated heterocycles. The molecule has 1 aliphatic rings. The van der Waals surface area contributed by atoms with Crippen molar-refractivity contribution in [3.63, 3.8) is 0 Å². The zero-order valence-corrected chi connectivity index (χ0v) is 18.2. The number of carbonyl (C=O) groups excluding carboxylic acids is 1. The molecule has 1 N–H and O–H groups in total. The van der Waals surface area contributed by atoms with Crippen molar-refractivity contribution < 1.29 is 24.2 Å². The summed E-state index contributed by atoms with van der Waals surface area (Å²) >= 11 is 13.7. The second kappa shape index (κ2) is 10.8. The van der Waals surface area contributed by atoms with Crippen molar-refractivity contribution >= 4 is 46.9 Å². The molecule has 0 fully saturated rings. The van der Waals surface area contributed by atoms with E-state index in [9.17, 15) is 9.59 Å². The molecule has 0 bridgehead atoms. The van der Waals surface area contributed by atoms with E-state index in [2.05, 4.69) is 15.0 Å². The van der Waals surface area contributed by atoms with Gasteiger partial charge in [-0.25, -0.2) is 4.98 Å². The number of pyridine rings is 1. The molecule has 0 aromatic carbocycles. The van der Waals surface area contributed by atoms with Gasteiger partial charge in [0.2, 0.25) is 12.7 Å². The molecule has 2 aromatic rings. The van der Waals surface area contributed by atoms with Crippen LogP contribution in [0.2, 0.25) is 10.0 Å². The third-order valence-corrected chi connectivity index (χ3v) is 5.88. The van der Waals surface area contributed by atoms with Gasteiger partial charge in [-0.3, -0.25) is 14.6 Å². The number of hydrogen-bond acceptors (Lipinski definition) is 8. The average Bonchev–Trinajstić information content (AvgIpc) is 3.16. The molecular formula is C19H19Cl2N3O5S. The Morgan fingerprint density at radius 2 is 1.90 bits per heavy atom. The first kappa shape index (κ1) is 22.6. The van der Waals surface area contributed by atoms with Crippen molar-refractivity contribution in [3.05, 3.63) is 39.3 Å². The van der Waals surface area contributed by atoms with Crippen LogP contribution in [0.4, 0.5) is 0 Å². The van der Waals surface area contributed by atoms with Gasteiger partial charge in [-0.15, -0.1) is 0 Å². The number of esters is 1. The van der Waals surface area contributed by atoms with Crippen LogP contribution in [0.15, 0.2) is 17.6 Å². The fraction of sp³-hybridized carbons (Fsp3) is 0.421. The largest absolute Gasteiger partial charge is 0.481 e. The summed E-state index contributed by atoms with van der Waals surface area (Å²) in [5.74, 6) is -0.601. The molecule has 0 amide bonds. The first-order chi connectivity index (χ1) is 14.4. The number of carbonyl (C=O) groups is 2. The predicted molar refractivity (Wildman–Crippen MR) is 111 cm³/mol. The van der Waals surface area contributed by atoms with Crippen molar-refractivity contribution in [2.45, 2.75) is 49.4 Å². The van der Waals surface area contributed by atoms with E-state index in [4.69, 9.17) is 37.8 Å². The van der Waals surface area contributed by atoms with Crippen molar-refractivity contribution in [2.75, 3.05) is 6.79 Å². The van der Waals surface area contributed by atoms with Crippen LogP contribution in [0.3, 0.4) is 0 Å². The number of fused-ring (bicyclic) bond motifs is 1. The lowest BCUT2D eigenvalue weighted by atomic mass is 10.2. The van der Waals surface area contributed by atoms with Gasteiger partial charge in [0.05, 0.1) is 15.7 Å². The highest BCUT2D eigenvalue weighted by Gasteiger charge is 2.21. The van der Waals surface area contributed by atoms with Crippen LogP contribution in [-0.4, -0.2) is 38.8 Å². The first-order valence-corrected chi connectivity index (χ1v) is 11.0. The fourth-order valence-corrected chi connectivity index (χ4v) is 4.44. The maximum Gasteiger partial charge on any atom is 0.308 e. The van der Waals surface area contributed by atoms with Crippen LogP contribution in [0, 0.1) is 0 Å². The number of aliphatic carboxylic acids is 1. The minimum atomic E-state index is -0.949. The van der Waals surface area contributed by atoms with Gasteiger partial charge >= 0.3 is 11.9 Å². The van der Waals surface area contributed by atoms with Crippen molar-refractivity contribution in [1.82, 2.24) is 15.0 Å². The van der Waals surface area contributed by atoms with E-state index in [1.165, 1.54) is 24.2 Å². The molecule has 8 nitrogen and oxygen atoms in total. The summed E-state index contributed by atoms with van der Waals surface area (Å²) in [6.07, 6.45) is 5.80. The van der Waals surface area contributed by atoms with Crippen molar-refractivity contribution in [1.29, 1.82) is 0 Å². The molecule has 11 heteroatoms. The van der Waals surface area contributed by atoms with Gasteiger partial charge in [0.15, 0.2) is 5.16 Å². The monoisotopic (exact) mass is 471 g/mol. The Morgan fingerprint density at radius 3 is 2.63 bits per heavy atom. The van der Waals surface area contributed by atoms with E-state index in [-0.39, 0.29) is 26.1 Å². The topological polar surface area (TPSA) is 112 Å². The van der Waals surface area contributed by atoms with Gasteiger partial charge < -0.3 is 14.6 Å². The number of halogens is 2. The molecule has 160 valence electrons. The molecule has 0 spiro atoms. The number of ether oxygens (including phenoxy) is 2. The summed E-state index contributed by atoms with van der Waals surface area (Å²) in [4.78, 5) is 35.2. The van der Waals surface area contributed by atoms with Gasteiger partial charge in [-0.05, 0) is 25.7 Å². The number of carboxylic acids is 1. The normalized spacial score (nSPS) is 12.5. The van der Waals surface area contributed by atoms with E-state index in [0.29, 0.717) is 26.8 Å². The Balaban J connectivity index is 1.60. The van der Waals surface area contributed by atoms with Crippen LogP contribution in [0.25, 0.3) is 0 Å². The highest BCUT2D eigenvalue weighted by molar-refractivity contribution is 7.98. The number of aromatic nitrogens is 3. The minimum Gasteiger partial charge on any atom is -0.481 e. The van der Waals surface area contributed by atoms with Gasteiger partial charge in [-0.2, -0.15) is 4.98 Å². The molecule has 2 heterocycles. The first-order valence-electron chi connectivity index (χ1n) is 9.24. The van der Waals surface area contributed by atoms with Crippen molar-refractivity contribution in [2.24, 2.45) is 0 Å². The lowest BCUT2D eigenvalue weighted by Gasteiger charge is -2.12. The molecule has 2 aromatic heterocycles. The number of thioether (sulfide) groups is 1. The van der Waals surface area contributed by atoms with Crippen LogP contribution in [0.5, 0.6) is 5.88 Å². The molecule has 1 aliphatic carbocycles. The van der Waals surface area contributed by atoms with Crippen LogP contribution in [0.1, 0.15) is 42.5 Å². The third kappa shape index (κ3) is 6.20. The zero-order valence-electron chi connectivity index (χ0n) is 15.9. The average molecular weight is 472 g/mol. The Kier molecular flexibility index (Phi) is 8.12. The zero-order chi connectivity index (χ0) is 21.5. The summed E-state index contributed by atoms with van der Waals surface area (Å²) in [6.45, 7) is -0.290.